The van der Waals surface area contributed by atoms with Crippen molar-refractivity contribution in [1.29, 1.82) is 0 Å². The normalized spacial score (nSPS) is 10.4. The summed E-state index contributed by atoms with van der Waals surface area (Å²) in [4.78, 5) is 8.66. The van der Waals surface area contributed by atoms with E-state index in [1.54, 1.807) is 0 Å². The topological polar surface area (TPSA) is 89.9 Å². The first-order valence-electron chi connectivity index (χ1n) is 5.85. The summed E-state index contributed by atoms with van der Waals surface area (Å²) in [5.74, 6) is 0.590. The number of nitrogens with zero attached hydrogens (tertiary/aromatic N) is 3. The molecule has 2 heterocycles. The van der Waals surface area contributed by atoms with E-state index >= 15 is 0 Å². The minimum Gasteiger partial charge on any atom is -0.389 e. The summed E-state index contributed by atoms with van der Waals surface area (Å²) in [7, 11) is 0. The lowest BCUT2D eigenvalue weighted by atomic mass is 10.1. The maximum absolute atomic E-state index is 5.74. The number of nitrogens with one attached hydrogen (secondary N) is 1. The molecule has 0 spiro atoms. The summed E-state index contributed by atoms with van der Waals surface area (Å²) in [6.45, 7) is 4.48. The van der Waals surface area contributed by atoms with Gasteiger partial charge in [-0.25, -0.2) is 0 Å². The van der Waals surface area contributed by atoms with Crippen LogP contribution in [0.2, 0.25) is 0 Å². The lowest BCUT2D eigenvalue weighted by molar-refractivity contribution is 0.380. The Kier molecular flexibility index (Phi) is 4.06. The number of pyridine rings is 1. The van der Waals surface area contributed by atoms with Crippen molar-refractivity contribution in [2.75, 3.05) is 11.9 Å². The average molecular weight is 277 g/mol. The summed E-state index contributed by atoms with van der Waals surface area (Å²) in [5, 5.41) is 6.84. The minimum absolute atomic E-state index is 0.338. The van der Waals surface area contributed by atoms with E-state index in [2.05, 4.69) is 20.4 Å². The van der Waals surface area contributed by atoms with Gasteiger partial charge in [0.1, 0.15) is 4.99 Å². The maximum Gasteiger partial charge on any atom is 0.228 e. The van der Waals surface area contributed by atoms with Gasteiger partial charge in [0.25, 0.3) is 0 Å². The van der Waals surface area contributed by atoms with Crippen LogP contribution in [0.25, 0.3) is 0 Å². The number of hydrogen-bond acceptors (Lipinski definition) is 6. The van der Waals surface area contributed by atoms with Crippen LogP contribution in [0.3, 0.4) is 0 Å². The molecule has 19 heavy (non-hydrogen) atoms. The van der Waals surface area contributed by atoms with E-state index in [1.165, 1.54) is 6.33 Å². The molecule has 0 aromatic carbocycles. The van der Waals surface area contributed by atoms with Crippen molar-refractivity contribution in [3.63, 3.8) is 0 Å². The first kappa shape index (κ1) is 13.4. The molecule has 6 nitrogen and oxygen atoms in total. The van der Waals surface area contributed by atoms with Crippen LogP contribution in [0.15, 0.2) is 16.9 Å². The third kappa shape index (κ3) is 3.25. The Balaban J connectivity index is 2.12. The van der Waals surface area contributed by atoms with Crippen LogP contribution in [0.1, 0.15) is 22.8 Å². The number of nitrogens with two attached hydrogens (primary N) is 1. The fourth-order valence-corrected chi connectivity index (χ4v) is 2.15. The zero-order valence-electron chi connectivity index (χ0n) is 10.8. The Morgan fingerprint density at radius 1 is 1.47 bits per heavy atom. The third-order valence-electron chi connectivity index (χ3n) is 2.64. The summed E-state index contributed by atoms with van der Waals surface area (Å²) < 4.78 is 4.93. The summed E-state index contributed by atoms with van der Waals surface area (Å²) in [6, 6.07) is 1.93. The molecule has 100 valence electrons. The molecule has 0 aliphatic carbocycles. The van der Waals surface area contributed by atoms with Gasteiger partial charge in [0, 0.05) is 30.0 Å². The van der Waals surface area contributed by atoms with Crippen molar-refractivity contribution in [3.8, 4) is 0 Å². The van der Waals surface area contributed by atoms with Crippen molar-refractivity contribution in [2.45, 2.75) is 20.3 Å². The molecule has 0 aliphatic rings. The first-order chi connectivity index (χ1) is 9.08. The van der Waals surface area contributed by atoms with Crippen LogP contribution in [-0.2, 0) is 6.42 Å². The van der Waals surface area contributed by atoms with Crippen LogP contribution >= 0.6 is 12.2 Å². The van der Waals surface area contributed by atoms with Crippen molar-refractivity contribution < 1.29 is 4.52 Å². The zero-order chi connectivity index (χ0) is 13.8. The van der Waals surface area contributed by atoms with Gasteiger partial charge in [-0.2, -0.15) is 4.98 Å². The summed E-state index contributed by atoms with van der Waals surface area (Å²) in [6.07, 6.45) is 2.02. The van der Waals surface area contributed by atoms with Crippen molar-refractivity contribution in [3.05, 3.63) is 35.2 Å². The van der Waals surface area contributed by atoms with Crippen LogP contribution in [0, 0.1) is 13.8 Å². The highest BCUT2D eigenvalue weighted by molar-refractivity contribution is 7.80. The number of thiocarbonyl (C=S) groups is 1. The fourth-order valence-electron chi connectivity index (χ4n) is 1.89. The molecule has 3 N–H and O–H groups in total. The van der Waals surface area contributed by atoms with Gasteiger partial charge in [0.15, 0.2) is 6.33 Å². The molecule has 7 heteroatoms. The molecule has 0 saturated heterocycles. The second kappa shape index (κ2) is 5.75. The summed E-state index contributed by atoms with van der Waals surface area (Å²) in [5.41, 5.74) is 9.15. The molecule has 0 saturated carbocycles. The van der Waals surface area contributed by atoms with Crippen molar-refractivity contribution in [2.24, 2.45) is 5.73 Å². The molecule has 0 radical (unpaired) electrons. The van der Waals surface area contributed by atoms with Crippen LogP contribution < -0.4 is 11.1 Å². The quantitative estimate of drug-likeness (QED) is 0.798. The van der Waals surface area contributed by atoms with E-state index in [4.69, 9.17) is 22.5 Å². The van der Waals surface area contributed by atoms with Crippen LogP contribution in [0.4, 0.5) is 5.69 Å². The van der Waals surface area contributed by atoms with Gasteiger partial charge in [-0.3, -0.25) is 4.98 Å². The van der Waals surface area contributed by atoms with E-state index in [0.717, 1.165) is 22.6 Å². The molecule has 0 bridgehead atoms. The highest BCUT2D eigenvalue weighted by Gasteiger charge is 2.11. The largest absolute Gasteiger partial charge is 0.389 e. The maximum atomic E-state index is 5.74. The number of aryl methyl sites for hydroxylation is 2. The van der Waals surface area contributed by atoms with E-state index in [0.29, 0.717) is 23.8 Å². The highest BCUT2D eigenvalue weighted by atomic mass is 32.1. The van der Waals surface area contributed by atoms with E-state index in [9.17, 15) is 0 Å². The Labute approximate surface area is 116 Å². The predicted molar refractivity (Wildman–Crippen MR) is 76.1 cm³/mol. The molecule has 0 fully saturated rings. The van der Waals surface area contributed by atoms with E-state index in [1.807, 2.05) is 19.9 Å². The SMILES string of the molecule is Cc1cc(NCCc2ncno2)c(C(N)=S)c(C)n1. The Bertz CT molecular complexity index is 582. The Hall–Kier alpha value is -2.02. The molecular formula is C12H15N5OS. The van der Waals surface area contributed by atoms with Crippen LogP contribution in [0.5, 0.6) is 0 Å². The first-order valence-corrected chi connectivity index (χ1v) is 6.26. The van der Waals surface area contributed by atoms with Gasteiger partial charge in [0.2, 0.25) is 5.89 Å². The predicted octanol–water partition coefficient (Wildman–Crippen LogP) is 1.37. The summed E-state index contributed by atoms with van der Waals surface area (Å²) >= 11 is 5.07. The number of anilines is 1. The molecule has 2 aromatic heterocycles. The van der Waals surface area contributed by atoms with Crippen molar-refractivity contribution >= 4 is 22.9 Å². The van der Waals surface area contributed by atoms with Gasteiger partial charge in [-0.1, -0.05) is 17.4 Å². The fraction of sp³-hybridized carbons (Fsp3) is 0.333. The second-order valence-corrected chi connectivity index (χ2v) is 4.59. The van der Waals surface area contributed by atoms with Gasteiger partial charge < -0.3 is 15.6 Å². The number of aromatic nitrogens is 3. The molecule has 2 aromatic rings. The smallest absolute Gasteiger partial charge is 0.228 e. The molecule has 2 rings (SSSR count). The molecule has 0 aliphatic heterocycles. The number of rotatable bonds is 5. The zero-order valence-corrected chi connectivity index (χ0v) is 11.6. The highest BCUT2D eigenvalue weighted by Crippen LogP contribution is 2.19. The van der Waals surface area contributed by atoms with E-state index < -0.39 is 0 Å². The van der Waals surface area contributed by atoms with Gasteiger partial charge in [0.05, 0.1) is 5.56 Å². The second-order valence-electron chi connectivity index (χ2n) is 4.15. The van der Waals surface area contributed by atoms with Crippen LogP contribution in [-0.4, -0.2) is 26.7 Å². The third-order valence-corrected chi connectivity index (χ3v) is 2.84. The average Bonchev–Trinajstić information content (AvgIpc) is 2.80. The number of hydrogen-bond donors (Lipinski definition) is 2. The molecule has 0 amide bonds. The van der Waals surface area contributed by atoms with Gasteiger partial charge >= 0.3 is 0 Å². The van der Waals surface area contributed by atoms with Gasteiger partial charge in [-0.05, 0) is 19.9 Å². The van der Waals surface area contributed by atoms with E-state index in [-0.39, 0.29) is 0 Å². The Morgan fingerprint density at radius 3 is 2.89 bits per heavy atom. The lowest BCUT2D eigenvalue weighted by Crippen LogP contribution is -2.17. The van der Waals surface area contributed by atoms with Crippen molar-refractivity contribution in [1.82, 2.24) is 15.1 Å². The monoisotopic (exact) mass is 277 g/mol. The standard InChI is InChI=1S/C12H15N5OS/c1-7-5-9(11(12(13)19)8(2)17-7)14-4-3-10-15-6-16-18-10/h5-6H,3-4H2,1-2H3,(H2,13,19)(H,14,17). The minimum atomic E-state index is 0.338. The lowest BCUT2D eigenvalue weighted by Gasteiger charge is -2.13. The molecule has 0 atom stereocenters. The Morgan fingerprint density at radius 2 is 2.26 bits per heavy atom. The van der Waals surface area contributed by atoms with Gasteiger partial charge in [-0.15, -0.1) is 0 Å². The molecular weight excluding hydrogens is 262 g/mol. The molecule has 0 unspecified atom stereocenters.